The molecule has 0 aromatic carbocycles. The number of hydrogen-bond donors (Lipinski definition) is 0. The van der Waals surface area contributed by atoms with Gasteiger partial charge in [-0.3, -0.25) is 14.4 Å². The van der Waals surface area contributed by atoms with Crippen LogP contribution in [0, 0.1) is 5.92 Å². The van der Waals surface area contributed by atoms with Crippen molar-refractivity contribution < 1.29 is 28.6 Å². The van der Waals surface area contributed by atoms with Crippen LogP contribution in [0.15, 0.2) is 0 Å². The lowest BCUT2D eigenvalue weighted by Gasteiger charge is -2.18. The molecule has 0 fully saturated rings. The minimum atomic E-state index is -0.761. The van der Waals surface area contributed by atoms with Gasteiger partial charge in [-0.15, -0.1) is 0 Å². The predicted octanol–water partition coefficient (Wildman–Crippen LogP) is 18.2. The summed E-state index contributed by atoms with van der Waals surface area (Å²) in [7, 11) is 0. The lowest BCUT2D eigenvalue weighted by Crippen LogP contribution is -2.30. The Labute approximate surface area is 387 Å². The minimum Gasteiger partial charge on any atom is -0.462 e. The van der Waals surface area contributed by atoms with Gasteiger partial charge >= 0.3 is 17.9 Å². The number of ether oxygens (including phenoxy) is 3. The summed E-state index contributed by atoms with van der Waals surface area (Å²) < 4.78 is 16.9. The first-order valence-corrected chi connectivity index (χ1v) is 27.9. The zero-order chi connectivity index (χ0) is 45.2. The smallest absolute Gasteiger partial charge is 0.306 e. The first kappa shape index (κ1) is 60.4. The summed E-state index contributed by atoms with van der Waals surface area (Å²) in [6.07, 6.45) is 53.6. The third-order valence-electron chi connectivity index (χ3n) is 13.2. The van der Waals surface area contributed by atoms with Crippen LogP contribution in [0.2, 0.25) is 0 Å². The second-order valence-electron chi connectivity index (χ2n) is 19.5. The lowest BCUT2D eigenvalue weighted by molar-refractivity contribution is -0.167. The first-order valence-electron chi connectivity index (χ1n) is 27.9. The summed E-state index contributed by atoms with van der Waals surface area (Å²) in [4.78, 5) is 38.1. The number of unbranched alkanes of at least 4 members (excludes halogenated alkanes) is 37. The number of rotatable bonds is 51. The monoisotopic (exact) mass is 877 g/mol. The van der Waals surface area contributed by atoms with Gasteiger partial charge in [0.1, 0.15) is 13.2 Å². The van der Waals surface area contributed by atoms with E-state index in [0.717, 1.165) is 63.7 Å². The van der Waals surface area contributed by atoms with Crippen LogP contribution >= 0.6 is 0 Å². The molecule has 0 radical (unpaired) electrons. The Bertz CT molecular complexity index is 935. The highest BCUT2D eigenvalue weighted by Gasteiger charge is 2.19. The van der Waals surface area contributed by atoms with E-state index in [4.69, 9.17) is 14.2 Å². The van der Waals surface area contributed by atoms with Crippen molar-refractivity contribution in [1.82, 2.24) is 0 Å². The fourth-order valence-electron chi connectivity index (χ4n) is 8.54. The molecule has 0 N–H and O–H groups in total. The second-order valence-corrected chi connectivity index (χ2v) is 19.5. The van der Waals surface area contributed by atoms with Gasteiger partial charge in [-0.1, -0.05) is 278 Å². The van der Waals surface area contributed by atoms with Crippen molar-refractivity contribution in [3.05, 3.63) is 0 Å². The Morgan fingerprint density at radius 1 is 0.323 bits per heavy atom. The van der Waals surface area contributed by atoms with Gasteiger partial charge in [0.15, 0.2) is 6.10 Å². The summed E-state index contributed by atoms with van der Waals surface area (Å²) in [5.41, 5.74) is 0. The zero-order valence-corrected chi connectivity index (χ0v) is 42.3. The Morgan fingerprint density at radius 3 is 0.839 bits per heavy atom. The number of esters is 3. The SMILES string of the molecule is CCCCCCCCCCCCCCCCCCC(=O)OC[C@@H](COC(=O)CCCCCCCCCCCCC(C)CC)OC(=O)CCCCCCCCCCCCCCCC. The molecule has 0 aliphatic carbocycles. The Morgan fingerprint density at radius 2 is 0.565 bits per heavy atom. The topological polar surface area (TPSA) is 78.9 Å². The molecule has 0 spiro atoms. The molecule has 6 heteroatoms. The van der Waals surface area contributed by atoms with Crippen LogP contribution in [0.3, 0.4) is 0 Å². The van der Waals surface area contributed by atoms with Crippen LogP contribution in [0.25, 0.3) is 0 Å². The summed E-state index contributed by atoms with van der Waals surface area (Å²) in [5.74, 6) is 0.0313. The molecule has 2 atom stereocenters. The van der Waals surface area contributed by atoms with Crippen molar-refractivity contribution in [2.75, 3.05) is 13.2 Å². The molecule has 0 saturated heterocycles. The van der Waals surface area contributed by atoms with Gasteiger partial charge in [-0.2, -0.15) is 0 Å². The summed E-state index contributed by atoms with van der Waals surface area (Å²) in [6.45, 7) is 9.07. The van der Waals surface area contributed by atoms with Crippen LogP contribution in [-0.2, 0) is 28.6 Å². The summed E-state index contributed by atoms with van der Waals surface area (Å²) >= 11 is 0. The maximum Gasteiger partial charge on any atom is 0.306 e. The van der Waals surface area contributed by atoms with E-state index in [1.807, 2.05) is 0 Å². The zero-order valence-electron chi connectivity index (χ0n) is 42.3. The van der Waals surface area contributed by atoms with E-state index in [2.05, 4.69) is 27.7 Å². The fourth-order valence-corrected chi connectivity index (χ4v) is 8.54. The standard InChI is InChI=1S/C56H108O6/c1-5-8-10-12-14-16-18-20-22-23-25-26-31-35-39-43-47-54(57)60-50-53(62-56(59)49-45-41-37-33-27-24-21-19-17-15-13-11-9-6-2)51-61-55(58)48-44-40-36-32-29-28-30-34-38-42-46-52(4)7-3/h52-53H,5-51H2,1-4H3/t52?,53-/m0/s1. The van der Waals surface area contributed by atoms with Gasteiger partial charge in [0, 0.05) is 19.3 Å². The van der Waals surface area contributed by atoms with Crippen LogP contribution in [0.5, 0.6) is 0 Å². The average molecular weight is 877 g/mol. The van der Waals surface area contributed by atoms with E-state index in [-0.39, 0.29) is 31.1 Å². The maximum atomic E-state index is 12.8. The average Bonchev–Trinajstić information content (AvgIpc) is 3.27. The van der Waals surface area contributed by atoms with Crippen LogP contribution < -0.4 is 0 Å². The quantitative estimate of drug-likeness (QED) is 0.0344. The van der Waals surface area contributed by atoms with Crippen molar-refractivity contribution in [2.45, 2.75) is 323 Å². The van der Waals surface area contributed by atoms with Gasteiger partial charge in [-0.25, -0.2) is 0 Å². The van der Waals surface area contributed by atoms with Gasteiger partial charge in [0.25, 0.3) is 0 Å². The summed E-state index contributed by atoms with van der Waals surface area (Å²) in [6, 6.07) is 0. The number of carbonyl (C=O) groups excluding carboxylic acids is 3. The van der Waals surface area contributed by atoms with E-state index in [1.54, 1.807) is 0 Å². The molecule has 62 heavy (non-hydrogen) atoms. The fraction of sp³-hybridized carbons (Fsp3) is 0.946. The molecule has 0 aliphatic heterocycles. The van der Waals surface area contributed by atoms with E-state index < -0.39 is 6.10 Å². The molecule has 0 aliphatic rings. The lowest BCUT2D eigenvalue weighted by atomic mass is 9.99. The molecule has 6 nitrogen and oxygen atoms in total. The Balaban J connectivity index is 4.31. The van der Waals surface area contributed by atoms with E-state index in [9.17, 15) is 14.4 Å². The molecule has 0 rings (SSSR count). The highest BCUT2D eigenvalue weighted by Crippen LogP contribution is 2.18. The van der Waals surface area contributed by atoms with Crippen molar-refractivity contribution in [3.8, 4) is 0 Å². The largest absolute Gasteiger partial charge is 0.462 e. The molecule has 1 unspecified atom stereocenters. The van der Waals surface area contributed by atoms with E-state index in [1.165, 1.54) is 212 Å². The predicted molar refractivity (Wildman–Crippen MR) is 266 cm³/mol. The number of carbonyl (C=O) groups is 3. The molecule has 0 heterocycles. The second kappa shape index (κ2) is 50.4. The van der Waals surface area contributed by atoms with Crippen LogP contribution in [-0.4, -0.2) is 37.2 Å². The van der Waals surface area contributed by atoms with Crippen molar-refractivity contribution in [3.63, 3.8) is 0 Å². The summed E-state index contributed by atoms with van der Waals surface area (Å²) in [5, 5.41) is 0. The van der Waals surface area contributed by atoms with E-state index in [0.29, 0.717) is 19.3 Å². The van der Waals surface area contributed by atoms with Crippen molar-refractivity contribution in [1.29, 1.82) is 0 Å². The molecular weight excluding hydrogens is 769 g/mol. The highest BCUT2D eigenvalue weighted by molar-refractivity contribution is 5.71. The molecule has 0 aromatic heterocycles. The Kier molecular flexibility index (Phi) is 49.1. The number of hydrogen-bond acceptors (Lipinski definition) is 6. The highest BCUT2D eigenvalue weighted by atomic mass is 16.6. The van der Waals surface area contributed by atoms with Gasteiger partial charge in [-0.05, 0) is 25.2 Å². The van der Waals surface area contributed by atoms with Crippen molar-refractivity contribution in [2.24, 2.45) is 5.92 Å². The van der Waals surface area contributed by atoms with Crippen LogP contribution in [0.1, 0.15) is 317 Å². The van der Waals surface area contributed by atoms with Gasteiger partial charge in [0.2, 0.25) is 0 Å². The molecule has 0 saturated carbocycles. The normalized spacial score (nSPS) is 12.4. The molecule has 0 bridgehead atoms. The van der Waals surface area contributed by atoms with Crippen LogP contribution in [0.4, 0.5) is 0 Å². The van der Waals surface area contributed by atoms with Crippen molar-refractivity contribution >= 4 is 17.9 Å². The molecule has 0 amide bonds. The molecule has 368 valence electrons. The van der Waals surface area contributed by atoms with Gasteiger partial charge < -0.3 is 14.2 Å². The van der Waals surface area contributed by atoms with E-state index >= 15 is 0 Å². The maximum absolute atomic E-state index is 12.8. The third-order valence-corrected chi connectivity index (χ3v) is 13.2. The third kappa shape index (κ3) is 47.9. The minimum absolute atomic E-state index is 0.0622. The first-order chi connectivity index (χ1) is 30.4. The Hall–Kier alpha value is -1.59. The molecular formula is C56H108O6. The molecule has 0 aromatic rings. The van der Waals surface area contributed by atoms with Gasteiger partial charge in [0.05, 0.1) is 0 Å².